The molecule has 0 bridgehead atoms. The summed E-state index contributed by atoms with van der Waals surface area (Å²) in [5, 5.41) is 0. The largest absolute Gasteiger partial charge is 0.444 e. The van der Waals surface area contributed by atoms with Crippen LogP contribution in [0, 0.1) is 5.92 Å². The number of nitrogens with zero attached hydrogens (tertiary/aromatic N) is 1. The lowest BCUT2D eigenvalue weighted by Gasteiger charge is -2.33. The van der Waals surface area contributed by atoms with Crippen LogP contribution in [0.5, 0.6) is 0 Å². The predicted octanol–water partition coefficient (Wildman–Crippen LogP) is 2.71. The first kappa shape index (κ1) is 15.5. The molecule has 5 nitrogen and oxygen atoms in total. The van der Waals surface area contributed by atoms with E-state index in [2.05, 4.69) is 6.58 Å². The summed E-state index contributed by atoms with van der Waals surface area (Å²) in [5.74, 6) is -0.238. The minimum atomic E-state index is -0.526. The average Bonchev–Trinajstić information content (AvgIpc) is 2.26. The Bertz CT molecular complexity index is 370. The first-order valence-electron chi connectivity index (χ1n) is 6.54. The number of esters is 1. The quantitative estimate of drug-likeness (QED) is 0.571. The van der Waals surface area contributed by atoms with Crippen molar-refractivity contribution in [2.75, 3.05) is 13.1 Å². The Labute approximate surface area is 114 Å². The molecule has 19 heavy (non-hydrogen) atoms. The molecular weight excluding hydrogens is 246 g/mol. The molecule has 1 fully saturated rings. The van der Waals surface area contributed by atoms with E-state index in [0.29, 0.717) is 18.8 Å². The van der Waals surface area contributed by atoms with Gasteiger partial charge in [0.05, 0.1) is 11.7 Å². The Morgan fingerprint density at radius 2 is 1.95 bits per heavy atom. The topological polar surface area (TPSA) is 55.8 Å². The predicted molar refractivity (Wildman–Crippen MR) is 71.4 cm³/mol. The summed E-state index contributed by atoms with van der Waals surface area (Å²) in [6.07, 6.45) is 1.13. The van der Waals surface area contributed by atoms with Crippen molar-refractivity contribution in [2.24, 2.45) is 5.92 Å². The smallest absolute Gasteiger partial charge is 0.410 e. The number of rotatable bonds is 2. The fourth-order valence-electron chi connectivity index (χ4n) is 1.92. The number of ether oxygens (including phenoxy) is 2. The zero-order valence-electron chi connectivity index (χ0n) is 12.2. The standard InChI is InChI=1S/C14H23NO4/c1-10(2)18-12(16)11-7-6-8-15(9-11)13(17)19-14(3,4)5/h11H,1,6-9H2,2-5H3. The zero-order valence-corrected chi connectivity index (χ0v) is 12.2. The number of allylic oxidation sites excluding steroid dienone is 1. The number of carbonyl (C=O) groups excluding carboxylic acids is 2. The number of hydrogen-bond donors (Lipinski definition) is 0. The number of carbonyl (C=O) groups is 2. The third kappa shape index (κ3) is 5.32. The molecule has 5 heteroatoms. The van der Waals surface area contributed by atoms with Gasteiger partial charge in [-0.3, -0.25) is 4.79 Å². The van der Waals surface area contributed by atoms with Gasteiger partial charge in [0.2, 0.25) is 0 Å². The SMILES string of the molecule is C=C(C)OC(=O)C1CCCN(C(=O)OC(C)(C)C)C1. The molecule has 1 amide bonds. The van der Waals surface area contributed by atoms with Crippen LogP contribution >= 0.6 is 0 Å². The molecule has 0 aliphatic carbocycles. The molecule has 1 atom stereocenters. The zero-order chi connectivity index (χ0) is 14.6. The maximum atomic E-state index is 11.9. The van der Waals surface area contributed by atoms with E-state index in [0.717, 1.165) is 12.8 Å². The van der Waals surface area contributed by atoms with Crippen LogP contribution in [-0.2, 0) is 14.3 Å². The van der Waals surface area contributed by atoms with Crippen LogP contribution in [-0.4, -0.2) is 35.7 Å². The first-order chi connectivity index (χ1) is 8.69. The molecule has 1 aliphatic heterocycles. The van der Waals surface area contributed by atoms with Crippen LogP contribution < -0.4 is 0 Å². The van der Waals surface area contributed by atoms with E-state index in [4.69, 9.17) is 9.47 Å². The Morgan fingerprint density at radius 1 is 1.32 bits per heavy atom. The van der Waals surface area contributed by atoms with Crippen molar-refractivity contribution in [1.29, 1.82) is 0 Å². The molecule has 0 spiro atoms. The van der Waals surface area contributed by atoms with Crippen LogP contribution in [0.1, 0.15) is 40.5 Å². The number of amides is 1. The van der Waals surface area contributed by atoms with Crippen molar-refractivity contribution in [3.63, 3.8) is 0 Å². The van der Waals surface area contributed by atoms with Crippen molar-refractivity contribution in [3.05, 3.63) is 12.3 Å². The van der Waals surface area contributed by atoms with Crippen LogP contribution in [0.4, 0.5) is 4.79 Å². The van der Waals surface area contributed by atoms with Gasteiger partial charge in [-0.05, 0) is 40.5 Å². The van der Waals surface area contributed by atoms with E-state index in [-0.39, 0.29) is 18.0 Å². The molecule has 1 unspecified atom stereocenters. The number of hydrogen-bond acceptors (Lipinski definition) is 4. The second-order valence-electron chi connectivity index (χ2n) is 5.89. The Kier molecular flexibility index (Phi) is 4.97. The number of piperidine rings is 1. The highest BCUT2D eigenvalue weighted by Gasteiger charge is 2.31. The molecule has 0 aromatic heterocycles. The minimum Gasteiger partial charge on any atom is -0.444 e. The van der Waals surface area contributed by atoms with Gasteiger partial charge in [0.25, 0.3) is 0 Å². The van der Waals surface area contributed by atoms with Gasteiger partial charge in [0.15, 0.2) is 0 Å². The highest BCUT2D eigenvalue weighted by Crippen LogP contribution is 2.21. The van der Waals surface area contributed by atoms with E-state index in [1.165, 1.54) is 0 Å². The maximum absolute atomic E-state index is 11.9. The lowest BCUT2D eigenvalue weighted by molar-refractivity contribution is -0.145. The fourth-order valence-corrected chi connectivity index (χ4v) is 1.92. The van der Waals surface area contributed by atoms with Crippen LogP contribution in [0.15, 0.2) is 12.3 Å². The first-order valence-corrected chi connectivity index (χ1v) is 6.54. The highest BCUT2D eigenvalue weighted by atomic mass is 16.6. The van der Waals surface area contributed by atoms with E-state index < -0.39 is 5.60 Å². The molecule has 0 radical (unpaired) electrons. The Hall–Kier alpha value is -1.52. The van der Waals surface area contributed by atoms with Gasteiger partial charge in [0, 0.05) is 13.1 Å². The fraction of sp³-hybridized carbons (Fsp3) is 0.714. The van der Waals surface area contributed by atoms with Gasteiger partial charge in [-0.1, -0.05) is 6.58 Å². The molecule has 1 rings (SSSR count). The summed E-state index contributed by atoms with van der Waals surface area (Å²) >= 11 is 0. The van der Waals surface area contributed by atoms with Crippen molar-refractivity contribution < 1.29 is 19.1 Å². The molecular formula is C14H23NO4. The van der Waals surface area contributed by atoms with Gasteiger partial charge in [-0.15, -0.1) is 0 Å². The summed E-state index contributed by atoms with van der Waals surface area (Å²) in [5.41, 5.74) is -0.526. The Balaban J connectivity index is 2.57. The third-order valence-electron chi connectivity index (χ3n) is 2.68. The van der Waals surface area contributed by atoms with Gasteiger partial charge < -0.3 is 14.4 Å². The molecule has 1 heterocycles. The summed E-state index contributed by atoms with van der Waals surface area (Å²) in [4.78, 5) is 25.3. The van der Waals surface area contributed by atoms with Crippen molar-refractivity contribution >= 4 is 12.1 Å². The van der Waals surface area contributed by atoms with Gasteiger partial charge in [0.1, 0.15) is 5.60 Å². The summed E-state index contributed by atoms with van der Waals surface area (Å²) in [6, 6.07) is 0. The van der Waals surface area contributed by atoms with Crippen molar-refractivity contribution in [1.82, 2.24) is 4.90 Å². The molecule has 1 saturated heterocycles. The third-order valence-corrected chi connectivity index (χ3v) is 2.68. The second-order valence-corrected chi connectivity index (χ2v) is 5.89. The second kappa shape index (κ2) is 6.08. The van der Waals surface area contributed by atoms with Crippen molar-refractivity contribution in [2.45, 2.75) is 46.1 Å². The van der Waals surface area contributed by atoms with Gasteiger partial charge in [-0.25, -0.2) is 4.79 Å². The van der Waals surface area contributed by atoms with Crippen LogP contribution in [0.25, 0.3) is 0 Å². The lowest BCUT2D eigenvalue weighted by Crippen LogP contribution is -2.44. The lowest BCUT2D eigenvalue weighted by atomic mass is 9.98. The molecule has 108 valence electrons. The Morgan fingerprint density at radius 3 is 2.47 bits per heavy atom. The molecule has 0 N–H and O–H groups in total. The molecule has 0 aromatic carbocycles. The highest BCUT2D eigenvalue weighted by molar-refractivity contribution is 5.75. The molecule has 1 aliphatic rings. The minimum absolute atomic E-state index is 0.294. The van der Waals surface area contributed by atoms with Crippen LogP contribution in [0.2, 0.25) is 0 Å². The van der Waals surface area contributed by atoms with E-state index >= 15 is 0 Å². The van der Waals surface area contributed by atoms with E-state index in [1.807, 2.05) is 20.8 Å². The maximum Gasteiger partial charge on any atom is 0.410 e. The monoisotopic (exact) mass is 269 g/mol. The van der Waals surface area contributed by atoms with Crippen molar-refractivity contribution in [3.8, 4) is 0 Å². The number of likely N-dealkylation sites (tertiary alicyclic amines) is 1. The summed E-state index contributed by atoms with van der Waals surface area (Å²) < 4.78 is 10.3. The van der Waals surface area contributed by atoms with Gasteiger partial charge in [-0.2, -0.15) is 0 Å². The summed E-state index contributed by atoms with van der Waals surface area (Å²) in [6.45, 7) is 11.6. The van der Waals surface area contributed by atoms with Gasteiger partial charge >= 0.3 is 12.1 Å². The molecule has 0 aromatic rings. The molecule has 0 saturated carbocycles. The van der Waals surface area contributed by atoms with Crippen LogP contribution in [0.3, 0.4) is 0 Å². The summed E-state index contributed by atoms with van der Waals surface area (Å²) in [7, 11) is 0. The average molecular weight is 269 g/mol. The van der Waals surface area contributed by atoms with E-state index in [1.54, 1.807) is 11.8 Å². The normalized spacial score (nSPS) is 19.8. The van der Waals surface area contributed by atoms with E-state index in [9.17, 15) is 9.59 Å².